The fourth-order valence-corrected chi connectivity index (χ4v) is 3.12. The summed E-state index contributed by atoms with van der Waals surface area (Å²) in [5.41, 5.74) is 2.70. The lowest BCUT2D eigenvalue weighted by molar-refractivity contribution is -0.118. The van der Waals surface area contributed by atoms with Gasteiger partial charge in [-0.1, -0.05) is 30.3 Å². The van der Waals surface area contributed by atoms with Crippen LogP contribution in [0.5, 0.6) is 5.75 Å². The zero-order chi connectivity index (χ0) is 17.6. The summed E-state index contributed by atoms with van der Waals surface area (Å²) in [5, 5.41) is 0. The molecule has 25 heavy (non-hydrogen) atoms. The number of aryl methyl sites for hydroxylation is 1. The van der Waals surface area contributed by atoms with E-state index in [1.807, 2.05) is 53.4 Å². The number of hydrogen-bond donors (Lipinski definition) is 0. The molecule has 4 nitrogen and oxygen atoms in total. The molecule has 130 valence electrons. The van der Waals surface area contributed by atoms with Crippen LogP contribution in [0.25, 0.3) is 0 Å². The minimum Gasteiger partial charge on any atom is -0.494 e. The van der Waals surface area contributed by atoms with Gasteiger partial charge < -0.3 is 9.64 Å². The van der Waals surface area contributed by atoms with Crippen molar-refractivity contribution in [3.05, 3.63) is 59.7 Å². The van der Waals surface area contributed by atoms with Crippen LogP contribution < -0.4 is 9.64 Å². The molecule has 0 bridgehead atoms. The van der Waals surface area contributed by atoms with Gasteiger partial charge in [0.15, 0.2) is 5.78 Å². The molecule has 1 amide bonds. The Labute approximate surface area is 148 Å². The minimum atomic E-state index is 0.0250. The van der Waals surface area contributed by atoms with Gasteiger partial charge in [-0.2, -0.15) is 0 Å². The Balaban J connectivity index is 1.59. The van der Waals surface area contributed by atoms with E-state index < -0.39 is 0 Å². The number of fused-ring (bicyclic) bond motifs is 1. The Morgan fingerprint density at radius 1 is 1.12 bits per heavy atom. The van der Waals surface area contributed by atoms with Gasteiger partial charge in [-0.15, -0.1) is 0 Å². The summed E-state index contributed by atoms with van der Waals surface area (Å²) in [6, 6.07) is 15.3. The van der Waals surface area contributed by atoms with Crippen LogP contribution >= 0.6 is 0 Å². The molecule has 3 rings (SSSR count). The highest BCUT2D eigenvalue weighted by molar-refractivity contribution is 5.99. The third-order valence-electron chi connectivity index (χ3n) is 4.46. The highest BCUT2D eigenvalue weighted by Gasteiger charge is 2.23. The molecular formula is C21H23NO3. The van der Waals surface area contributed by atoms with E-state index in [1.54, 1.807) is 6.92 Å². The van der Waals surface area contributed by atoms with E-state index in [9.17, 15) is 9.59 Å². The predicted molar refractivity (Wildman–Crippen MR) is 98.3 cm³/mol. The number of carbonyl (C=O) groups excluding carboxylic acids is 2. The maximum atomic E-state index is 12.6. The van der Waals surface area contributed by atoms with E-state index >= 15 is 0 Å². The highest BCUT2D eigenvalue weighted by atomic mass is 16.5. The molecule has 4 heteroatoms. The first kappa shape index (κ1) is 17.2. The molecule has 2 aromatic rings. The Hall–Kier alpha value is -2.62. The van der Waals surface area contributed by atoms with Crippen molar-refractivity contribution < 1.29 is 14.3 Å². The largest absolute Gasteiger partial charge is 0.494 e. The van der Waals surface area contributed by atoms with Crippen molar-refractivity contribution in [2.75, 3.05) is 18.1 Å². The number of rotatable bonds is 6. The van der Waals surface area contributed by atoms with Crippen LogP contribution in [0.15, 0.2) is 48.5 Å². The van der Waals surface area contributed by atoms with Crippen LogP contribution in [0, 0.1) is 0 Å². The smallest absolute Gasteiger partial charge is 0.227 e. The van der Waals surface area contributed by atoms with Gasteiger partial charge in [0.1, 0.15) is 5.75 Å². The van der Waals surface area contributed by atoms with Crippen LogP contribution in [0.3, 0.4) is 0 Å². The van der Waals surface area contributed by atoms with E-state index in [0.29, 0.717) is 31.6 Å². The summed E-state index contributed by atoms with van der Waals surface area (Å²) in [7, 11) is 0. The van der Waals surface area contributed by atoms with Gasteiger partial charge in [-0.3, -0.25) is 9.59 Å². The number of amides is 1. The monoisotopic (exact) mass is 337 g/mol. The van der Waals surface area contributed by atoms with Crippen molar-refractivity contribution in [3.8, 4) is 5.75 Å². The molecule has 0 aliphatic carbocycles. The molecule has 1 aliphatic heterocycles. The average molecular weight is 337 g/mol. The van der Waals surface area contributed by atoms with Gasteiger partial charge in [0, 0.05) is 24.2 Å². The van der Waals surface area contributed by atoms with Crippen molar-refractivity contribution in [1.29, 1.82) is 0 Å². The second kappa shape index (κ2) is 7.97. The standard InChI is InChI=1S/C21H23NO3/c1-16(23)18-12-11-17-7-5-13-22(20(17)15-18)21(24)10-6-14-25-19-8-3-2-4-9-19/h2-4,8-9,11-12,15H,5-7,10,13-14H2,1H3. The lowest BCUT2D eigenvalue weighted by Crippen LogP contribution is -2.35. The zero-order valence-electron chi connectivity index (χ0n) is 14.5. The topological polar surface area (TPSA) is 46.6 Å². The molecule has 0 N–H and O–H groups in total. The summed E-state index contributed by atoms with van der Waals surface area (Å²) < 4.78 is 5.65. The van der Waals surface area contributed by atoms with Crippen molar-refractivity contribution in [2.24, 2.45) is 0 Å². The number of carbonyl (C=O) groups is 2. The molecule has 0 spiro atoms. The molecule has 0 radical (unpaired) electrons. The Morgan fingerprint density at radius 2 is 1.92 bits per heavy atom. The molecule has 0 aromatic heterocycles. The van der Waals surface area contributed by atoms with Crippen LogP contribution in [0.2, 0.25) is 0 Å². The van der Waals surface area contributed by atoms with Crippen molar-refractivity contribution in [2.45, 2.75) is 32.6 Å². The number of anilines is 1. The lowest BCUT2D eigenvalue weighted by Gasteiger charge is -2.30. The Morgan fingerprint density at radius 3 is 2.68 bits per heavy atom. The highest BCUT2D eigenvalue weighted by Crippen LogP contribution is 2.29. The fraction of sp³-hybridized carbons (Fsp3) is 0.333. The average Bonchev–Trinajstić information content (AvgIpc) is 2.65. The summed E-state index contributed by atoms with van der Waals surface area (Å²) in [4.78, 5) is 26.1. The number of Topliss-reactive ketones (excluding diaryl/α,β-unsaturated/α-hetero) is 1. The maximum Gasteiger partial charge on any atom is 0.227 e. The summed E-state index contributed by atoms with van der Waals surface area (Å²) in [6.45, 7) is 2.79. The molecule has 0 fully saturated rings. The molecular weight excluding hydrogens is 314 g/mol. The van der Waals surface area contributed by atoms with Gasteiger partial charge in [0.2, 0.25) is 5.91 Å². The first-order chi connectivity index (χ1) is 12.1. The van der Waals surface area contributed by atoms with Gasteiger partial charge >= 0.3 is 0 Å². The number of benzene rings is 2. The van der Waals surface area contributed by atoms with Gasteiger partial charge in [0.05, 0.1) is 6.61 Å². The Bertz CT molecular complexity index is 755. The van der Waals surface area contributed by atoms with Gasteiger partial charge in [0.25, 0.3) is 0 Å². The number of ketones is 1. The zero-order valence-corrected chi connectivity index (χ0v) is 14.5. The normalized spacial score (nSPS) is 13.2. The van der Waals surface area contributed by atoms with Crippen LogP contribution in [-0.2, 0) is 11.2 Å². The van der Waals surface area contributed by atoms with E-state index in [0.717, 1.165) is 29.8 Å². The third-order valence-corrected chi connectivity index (χ3v) is 4.46. The van der Waals surface area contributed by atoms with E-state index in [4.69, 9.17) is 4.74 Å². The van der Waals surface area contributed by atoms with Crippen molar-refractivity contribution >= 4 is 17.4 Å². The minimum absolute atomic E-state index is 0.0250. The first-order valence-electron chi connectivity index (χ1n) is 8.77. The second-order valence-corrected chi connectivity index (χ2v) is 6.31. The molecule has 0 saturated carbocycles. The molecule has 1 heterocycles. The number of hydrogen-bond acceptors (Lipinski definition) is 3. The number of para-hydroxylation sites is 1. The SMILES string of the molecule is CC(=O)c1ccc2c(c1)N(C(=O)CCCOc1ccccc1)CCC2. The van der Waals surface area contributed by atoms with Crippen molar-refractivity contribution in [3.63, 3.8) is 0 Å². The van der Waals surface area contributed by atoms with Crippen molar-refractivity contribution in [1.82, 2.24) is 0 Å². The van der Waals surface area contributed by atoms with Gasteiger partial charge in [-0.05, 0) is 49.9 Å². The van der Waals surface area contributed by atoms with Crippen LogP contribution in [0.1, 0.15) is 42.1 Å². The summed E-state index contributed by atoms with van der Waals surface area (Å²) in [5.74, 6) is 0.944. The third kappa shape index (κ3) is 4.27. The first-order valence-corrected chi connectivity index (χ1v) is 8.77. The summed E-state index contributed by atoms with van der Waals surface area (Å²) >= 11 is 0. The van der Waals surface area contributed by atoms with Crippen LogP contribution in [-0.4, -0.2) is 24.8 Å². The molecule has 1 aliphatic rings. The van der Waals surface area contributed by atoms with E-state index in [1.165, 1.54) is 0 Å². The molecule has 0 unspecified atom stereocenters. The van der Waals surface area contributed by atoms with E-state index in [-0.39, 0.29) is 11.7 Å². The molecule has 0 atom stereocenters. The second-order valence-electron chi connectivity index (χ2n) is 6.31. The molecule has 2 aromatic carbocycles. The fourth-order valence-electron chi connectivity index (χ4n) is 3.12. The van der Waals surface area contributed by atoms with E-state index in [2.05, 4.69) is 0 Å². The lowest BCUT2D eigenvalue weighted by atomic mass is 9.98. The predicted octanol–water partition coefficient (Wildman–Crippen LogP) is 4.03. The van der Waals surface area contributed by atoms with Gasteiger partial charge in [-0.25, -0.2) is 0 Å². The quantitative estimate of drug-likeness (QED) is 0.591. The Kier molecular flexibility index (Phi) is 5.49. The summed E-state index contributed by atoms with van der Waals surface area (Å²) in [6.07, 6.45) is 3.02. The maximum absolute atomic E-state index is 12.6. The molecule has 0 saturated heterocycles. The number of nitrogens with zero attached hydrogens (tertiary/aromatic N) is 1. The van der Waals surface area contributed by atoms with Crippen LogP contribution in [0.4, 0.5) is 5.69 Å². The number of ether oxygens (including phenoxy) is 1.